The molecular formula is C12H21BrN4. The van der Waals surface area contributed by atoms with Gasteiger partial charge in [0, 0.05) is 18.3 Å². The smallest absolute Gasteiger partial charge is 0.224 e. The van der Waals surface area contributed by atoms with Crippen LogP contribution in [0, 0.1) is 0 Å². The zero-order valence-corrected chi connectivity index (χ0v) is 12.6. The molecule has 0 aliphatic rings. The lowest BCUT2D eigenvalue weighted by molar-refractivity contribution is 0.508. The van der Waals surface area contributed by atoms with Crippen molar-refractivity contribution in [3.05, 3.63) is 10.7 Å². The number of hydrogen-bond donors (Lipinski definition) is 2. The third kappa shape index (κ3) is 4.50. The first-order chi connectivity index (χ1) is 7.98. The van der Waals surface area contributed by atoms with Crippen LogP contribution in [0.25, 0.3) is 0 Å². The van der Waals surface area contributed by atoms with Gasteiger partial charge >= 0.3 is 0 Å². The Morgan fingerprint density at radius 1 is 1.35 bits per heavy atom. The Bertz CT molecular complexity index is 366. The lowest BCUT2D eigenvalue weighted by Crippen LogP contribution is -2.31. The van der Waals surface area contributed by atoms with E-state index in [0.717, 1.165) is 29.7 Å². The van der Waals surface area contributed by atoms with Crippen LogP contribution in [0.3, 0.4) is 0 Å². The quantitative estimate of drug-likeness (QED) is 0.842. The first-order valence-corrected chi connectivity index (χ1v) is 6.82. The van der Waals surface area contributed by atoms with E-state index in [1.807, 2.05) is 6.92 Å². The largest absolute Gasteiger partial charge is 0.364 e. The van der Waals surface area contributed by atoms with Crippen molar-refractivity contribution in [1.82, 2.24) is 9.97 Å². The SMILES string of the molecule is CCCC(C)(C)Nc1nc(NCC)ncc1Br. The van der Waals surface area contributed by atoms with Crippen LogP contribution in [0.2, 0.25) is 0 Å². The Morgan fingerprint density at radius 2 is 2.06 bits per heavy atom. The summed E-state index contributed by atoms with van der Waals surface area (Å²) in [5.41, 5.74) is 0.0368. The van der Waals surface area contributed by atoms with Crippen LogP contribution in [0.15, 0.2) is 10.7 Å². The maximum Gasteiger partial charge on any atom is 0.224 e. The normalized spacial score (nSPS) is 11.4. The maximum atomic E-state index is 4.45. The molecule has 0 aliphatic carbocycles. The maximum absolute atomic E-state index is 4.45. The average molecular weight is 301 g/mol. The van der Waals surface area contributed by atoms with Crippen LogP contribution in [-0.2, 0) is 0 Å². The fourth-order valence-corrected chi connectivity index (χ4v) is 2.00. The zero-order chi connectivity index (χ0) is 12.9. The predicted molar refractivity (Wildman–Crippen MR) is 76.5 cm³/mol. The number of halogens is 1. The molecule has 1 heterocycles. The van der Waals surface area contributed by atoms with Crippen LogP contribution >= 0.6 is 15.9 Å². The van der Waals surface area contributed by atoms with Gasteiger partial charge in [0.2, 0.25) is 5.95 Å². The van der Waals surface area contributed by atoms with Gasteiger partial charge in [0.15, 0.2) is 0 Å². The van der Waals surface area contributed by atoms with Gasteiger partial charge in [0.05, 0.1) is 4.47 Å². The van der Waals surface area contributed by atoms with Crippen LogP contribution in [0.5, 0.6) is 0 Å². The number of rotatable bonds is 6. The second-order valence-electron chi connectivity index (χ2n) is 4.68. The van der Waals surface area contributed by atoms with E-state index in [1.54, 1.807) is 6.20 Å². The molecule has 0 atom stereocenters. The standard InChI is InChI=1S/C12H21BrN4/c1-5-7-12(3,4)17-10-9(13)8-15-11(16-10)14-6-2/h8H,5-7H2,1-4H3,(H2,14,15,16,17). The van der Waals surface area contributed by atoms with Crippen molar-refractivity contribution in [1.29, 1.82) is 0 Å². The number of anilines is 2. The van der Waals surface area contributed by atoms with Gasteiger partial charge in [-0.05, 0) is 43.1 Å². The molecule has 0 bridgehead atoms. The van der Waals surface area contributed by atoms with Gasteiger partial charge in [0.25, 0.3) is 0 Å². The molecule has 0 saturated carbocycles. The monoisotopic (exact) mass is 300 g/mol. The van der Waals surface area contributed by atoms with E-state index in [0.29, 0.717) is 5.95 Å². The molecule has 0 aliphatic heterocycles. The third-order valence-corrected chi connectivity index (χ3v) is 2.99. The summed E-state index contributed by atoms with van der Waals surface area (Å²) in [6, 6.07) is 0. The van der Waals surface area contributed by atoms with Gasteiger partial charge < -0.3 is 10.6 Å². The minimum Gasteiger partial charge on any atom is -0.364 e. The van der Waals surface area contributed by atoms with Crippen molar-refractivity contribution in [3.63, 3.8) is 0 Å². The number of aromatic nitrogens is 2. The first kappa shape index (κ1) is 14.2. The molecule has 1 aromatic rings. The third-order valence-electron chi connectivity index (χ3n) is 2.41. The van der Waals surface area contributed by atoms with E-state index >= 15 is 0 Å². The molecule has 0 saturated heterocycles. The second-order valence-corrected chi connectivity index (χ2v) is 5.53. The molecule has 96 valence electrons. The Morgan fingerprint density at radius 3 is 2.65 bits per heavy atom. The molecule has 0 aromatic carbocycles. The molecule has 4 nitrogen and oxygen atoms in total. The van der Waals surface area contributed by atoms with Crippen molar-refractivity contribution in [2.24, 2.45) is 0 Å². The Balaban J connectivity index is 2.85. The summed E-state index contributed by atoms with van der Waals surface area (Å²) < 4.78 is 0.892. The van der Waals surface area contributed by atoms with E-state index in [4.69, 9.17) is 0 Å². The summed E-state index contributed by atoms with van der Waals surface area (Å²) in [6.07, 6.45) is 4.01. The molecule has 0 spiro atoms. The van der Waals surface area contributed by atoms with Gasteiger partial charge in [-0.3, -0.25) is 0 Å². The van der Waals surface area contributed by atoms with Crippen LogP contribution in [0.1, 0.15) is 40.5 Å². The van der Waals surface area contributed by atoms with Gasteiger partial charge in [-0.25, -0.2) is 4.98 Å². The number of nitrogens with zero attached hydrogens (tertiary/aromatic N) is 2. The molecule has 1 rings (SSSR count). The number of hydrogen-bond acceptors (Lipinski definition) is 4. The topological polar surface area (TPSA) is 49.8 Å². The fourth-order valence-electron chi connectivity index (χ4n) is 1.71. The summed E-state index contributed by atoms with van der Waals surface area (Å²) in [4.78, 5) is 8.64. The van der Waals surface area contributed by atoms with Crippen molar-refractivity contribution >= 4 is 27.7 Å². The van der Waals surface area contributed by atoms with E-state index < -0.39 is 0 Å². The zero-order valence-electron chi connectivity index (χ0n) is 11.0. The molecule has 1 aromatic heterocycles. The van der Waals surface area contributed by atoms with E-state index in [-0.39, 0.29) is 5.54 Å². The lowest BCUT2D eigenvalue weighted by atomic mass is 9.99. The highest BCUT2D eigenvalue weighted by atomic mass is 79.9. The predicted octanol–water partition coefficient (Wildman–Crippen LogP) is 3.66. The minimum absolute atomic E-state index is 0.0368. The van der Waals surface area contributed by atoms with Crippen molar-refractivity contribution in [2.75, 3.05) is 17.2 Å². The molecule has 0 unspecified atom stereocenters. The second kappa shape index (κ2) is 6.19. The van der Waals surface area contributed by atoms with Crippen LogP contribution in [-0.4, -0.2) is 22.1 Å². The molecule has 0 amide bonds. The van der Waals surface area contributed by atoms with E-state index in [2.05, 4.69) is 57.3 Å². The van der Waals surface area contributed by atoms with Crippen molar-refractivity contribution in [2.45, 2.75) is 46.1 Å². The summed E-state index contributed by atoms with van der Waals surface area (Å²) in [7, 11) is 0. The minimum atomic E-state index is 0.0368. The number of nitrogens with one attached hydrogen (secondary N) is 2. The van der Waals surface area contributed by atoms with E-state index in [1.165, 1.54) is 0 Å². The van der Waals surface area contributed by atoms with Crippen molar-refractivity contribution in [3.8, 4) is 0 Å². The van der Waals surface area contributed by atoms with Gasteiger partial charge in [-0.2, -0.15) is 4.98 Å². The highest BCUT2D eigenvalue weighted by molar-refractivity contribution is 9.10. The molecule has 0 radical (unpaired) electrons. The fraction of sp³-hybridized carbons (Fsp3) is 0.667. The van der Waals surface area contributed by atoms with Crippen molar-refractivity contribution < 1.29 is 0 Å². The summed E-state index contributed by atoms with van der Waals surface area (Å²) in [5, 5.41) is 6.56. The van der Waals surface area contributed by atoms with E-state index in [9.17, 15) is 0 Å². The van der Waals surface area contributed by atoms with Crippen LogP contribution < -0.4 is 10.6 Å². The van der Waals surface area contributed by atoms with Gasteiger partial charge in [0.1, 0.15) is 5.82 Å². The van der Waals surface area contributed by atoms with Crippen LogP contribution in [0.4, 0.5) is 11.8 Å². The average Bonchev–Trinajstić information content (AvgIpc) is 2.23. The molecule has 5 heteroatoms. The summed E-state index contributed by atoms with van der Waals surface area (Å²) in [5.74, 6) is 1.50. The summed E-state index contributed by atoms with van der Waals surface area (Å²) >= 11 is 3.47. The Hall–Kier alpha value is -0.840. The molecule has 2 N–H and O–H groups in total. The summed E-state index contributed by atoms with van der Waals surface area (Å²) in [6.45, 7) is 9.39. The molecule has 0 fully saturated rings. The van der Waals surface area contributed by atoms with Gasteiger partial charge in [-0.1, -0.05) is 13.3 Å². The first-order valence-electron chi connectivity index (χ1n) is 6.03. The highest BCUT2D eigenvalue weighted by Gasteiger charge is 2.18. The molecule has 17 heavy (non-hydrogen) atoms. The molecular weight excluding hydrogens is 280 g/mol. The lowest BCUT2D eigenvalue weighted by Gasteiger charge is -2.27. The highest BCUT2D eigenvalue weighted by Crippen LogP contribution is 2.25. The Labute approximate surface area is 112 Å². The Kier molecular flexibility index (Phi) is 5.18. The van der Waals surface area contributed by atoms with Gasteiger partial charge in [-0.15, -0.1) is 0 Å².